The maximum absolute atomic E-state index is 10.0. The average molecular weight is 300 g/mol. The second-order valence-corrected chi connectivity index (χ2v) is 5.34. The van der Waals surface area contributed by atoms with Gasteiger partial charge in [0.2, 0.25) is 0 Å². The number of aliphatic hydroxyl groups excluding tert-OH is 1. The van der Waals surface area contributed by atoms with Crippen LogP contribution in [0.1, 0.15) is 24.5 Å². The van der Waals surface area contributed by atoms with Crippen LogP contribution in [0.25, 0.3) is 0 Å². The van der Waals surface area contributed by atoms with Crippen LogP contribution in [-0.2, 0) is 0 Å². The lowest BCUT2D eigenvalue weighted by Crippen LogP contribution is -2.17. The number of halogens is 1. The fraction of sp³-hybridized carbons (Fsp3) is 0.538. The van der Waals surface area contributed by atoms with Crippen molar-refractivity contribution in [2.45, 2.75) is 18.9 Å². The first kappa shape index (κ1) is 12.9. The first-order valence-electron chi connectivity index (χ1n) is 5.96. The molecule has 0 heterocycles. The van der Waals surface area contributed by atoms with Gasteiger partial charge in [0.25, 0.3) is 0 Å². The summed E-state index contributed by atoms with van der Waals surface area (Å²) < 4.78 is 6.73. The summed E-state index contributed by atoms with van der Waals surface area (Å²) in [6.45, 7) is 1.28. The predicted octanol–water partition coefficient (Wildman–Crippen LogP) is 2.49. The molecule has 0 spiro atoms. The molecule has 1 aliphatic rings. The van der Waals surface area contributed by atoms with Gasteiger partial charge in [0, 0.05) is 12.1 Å². The topological polar surface area (TPSA) is 41.5 Å². The lowest BCUT2D eigenvalue weighted by molar-refractivity contribution is 0.170. The van der Waals surface area contributed by atoms with Crippen LogP contribution in [0.2, 0.25) is 0 Å². The lowest BCUT2D eigenvalue weighted by Gasteiger charge is -2.17. The van der Waals surface area contributed by atoms with Crippen molar-refractivity contribution < 1.29 is 9.84 Å². The Morgan fingerprint density at radius 1 is 1.53 bits per heavy atom. The van der Waals surface area contributed by atoms with Gasteiger partial charge in [-0.15, -0.1) is 0 Å². The molecule has 94 valence electrons. The Morgan fingerprint density at radius 3 is 2.94 bits per heavy atom. The molecule has 1 aliphatic carbocycles. The molecule has 0 amide bonds. The number of aliphatic hydroxyl groups is 1. The van der Waals surface area contributed by atoms with Gasteiger partial charge in [0.1, 0.15) is 5.75 Å². The van der Waals surface area contributed by atoms with Crippen molar-refractivity contribution in [2.75, 3.05) is 20.2 Å². The quantitative estimate of drug-likeness (QED) is 0.848. The van der Waals surface area contributed by atoms with Crippen molar-refractivity contribution in [2.24, 2.45) is 5.92 Å². The first-order chi connectivity index (χ1) is 8.22. The van der Waals surface area contributed by atoms with E-state index in [1.165, 1.54) is 12.8 Å². The van der Waals surface area contributed by atoms with E-state index in [1.807, 2.05) is 25.2 Å². The summed E-state index contributed by atoms with van der Waals surface area (Å²) in [4.78, 5) is 0. The summed E-state index contributed by atoms with van der Waals surface area (Å²) in [5, 5.41) is 13.0. The smallest absolute Gasteiger partial charge is 0.139 e. The van der Waals surface area contributed by atoms with E-state index < -0.39 is 6.10 Å². The van der Waals surface area contributed by atoms with E-state index in [2.05, 4.69) is 21.2 Å². The number of ether oxygens (including phenoxy) is 1. The zero-order valence-corrected chi connectivity index (χ0v) is 11.5. The number of hydrogen-bond donors (Lipinski definition) is 2. The first-order valence-corrected chi connectivity index (χ1v) is 6.75. The molecule has 17 heavy (non-hydrogen) atoms. The second kappa shape index (κ2) is 5.85. The van der Waals surface area contributed by atoms with Crippen LogP contribution in [0.4, 0.5) is 0 Å². The van der Waals surface area contributed by atoms with Gasteiger partial charge in [-0.1, -0.05) is 12.1 Å². The monoisotopic (exact) mass is 299 g/mol. The highest BCUT2D eigenvalue weighted by molar-refractivity contribution is 9.10. The maximum Gasteiger partial charge on any atom is 0.139 e. The average Bonchev–Trinajstić information content (AvgIpc) is 3.11. The Labute approximate surface area is 110 Å². The maximum atomic E-state index is 10.0. The summed E-state index contributed by atoms with van der Waals surface area (Å²) in [5.74, 6) is 1.48. The van der Waals surface area contributed by atoms with Gasteiger partial charge in [-0.2, -0.15) is 0 Å². The van der Waals surface area contributed by atoms with Crippen LogP contribution >= 0.6 is 15.9 Å². The van der Waals surface area contributed by atoms with Gasteiger partial charge in [-0.3, -0.25) is 0 Å². The third-order valence-corrected chi connectivity index (χ3v) is 3.54. The van der Waals surface area contributed by atoms with Crippen molar-refractivity contribution in [3.8, 4) is 5.75 Å². The van der Waals surface area contributed by atoms with Crippen molar-refractivity contribution in [3.63, 3.8) is 0 Å². The molecule has 1 unspecified atom stereocenters. The predicted molar refractivity (Wildman–Crippen MR) is 71.2 cm³/mol. The highest BCUT2D eigenvalue weighted by Gasteiger charge is 2.23. The van der Waals surface area contributed by atoms with Crippen LogP contribution in [-0.4, -0.2) is 25.3 Å². The molecule has 2 N–H and O–H groups in total. The molecule has 0 bridgehead atoms. The molecular weight excluding hydrogens is 282 g/mol. The highest BCUT2D eigenvalue weighted by Crippen LogP contribution is 2.36. The van der Waals surface area contributed by atoms with E-state index in [4.69, 9.17) is 4.74 Å². The zero-order valence-electron chi connectivity index (χ0n) is 9.95. The van der Waals surface area contributed by atoms with Gasteiger partial charge in [-0.05, 0) is 47.8 Å². The van der Waals surface area contributed by atoms with Crippen molar-refractivity contribution >= 4 is 15.9 Å². The van der Waals surface area contributed by atoms with Crippen LogP contribution in [0.15, 0.2) is 22.7 Å². The minimum Gasteiger partial charge on any atom is -0.492 e. The van der Waals surface area contributed by atoms with Crippen LogP contribution in [0, 0.1) is 5.92 Å². The molecule has 4 heteroatoms. The minimum absolute atomic E-state index is 0.524. The standard InChI is InChI=1S/C13H18BrNO2/c1-15-7-12(16)10-3-2-4-11(14)13(10)17-8-9-5-6-9/h2-4,9,12,15-16H,5-8H2,1H3. The van der Waals surface area contributed by atoms with E-state index in [-0.39, 0.29) is 0 Å². The van der Waals surface area contributed by atoms with E-state index in [9.17, 15) is 5.11 Å². The summed E-state index contributed by atoms with van der Waals surface area (Å²) in [6.07, 6.45) is 1.99. The number of para-hydroxylation sites is 1. The van der Waals surface area contributed by atoms with Crippen LogP contribution < -0.4 is 10.1 Å². The normalized spacial score (nSPS) is 16.9. The summed E-state index contributed by atoms with van der Waals surface area (Å²) in [5.41, 5.74) is 0.842. The fourth-order valence-electron chi connectivity index (χ4n) is 1.73. The molecule has 0 saturated heterocycles. The Bertz CT molecular complexity index is 380. The van der Waals surface area contributed by atoms with Gasteiger partial charge in [0.05, 0.1) is 17.2 Å². The summed E-state index contributed by atoms with van der Waals surface area (Å²) in [7, 11) is 1.83. The van der Waals surface area contributed by atoms with Crippen molar-refractivity contribution in [1.82, 2.24) is 5.32 Å². The third kappa shape index (κ3) is 3.44. The van der Waals surface area contributed by atoms with E-state index in [0.29, 0.717) is 12.5 Å². The number of rotatable bonds is 6. The molecule has 1 fully saturated rings. The number of likely N-dealkylation sites (N-methyl/N-ethyl adjacent to an activating group) is 1. The zero-order chi connectivity index (χ0) is 12.3. The van der Waals surface area contributed by atoms with Crippen LogP contribution in [0.5, 0.6) is 5.75 Å². The van der Waals surface area contributed by atoms with Gasteiger partial charge < -0.3 is 15.2 Å². The molecular formula is C13H18BrNO2. The Morgan fingerprint density at radius 2 is 2.29 bits per heavy atom. The molecule has 1 saturated carbocycles. The molecule has 3 nitrogen and oxygen atoms in total. The number of nitrogens with one attached hydrogen (secondary N) is 1. The Kier molecular flexibility index (Phi) is 4.42. The molecule has 1 aromatic carbocycles. The minimum atomic E-state index is -0.535. The molecule has 1 atom stereocenters. The second-order valence-electron chi connectivity index (χ2n) is 4.49. The third-order valence-electron chi connectivity index (χ3n) is 2.91. The molecule has 0 radical (unpaired) electrons. The molecule has 1 aromatic rings. The summed E-state index contributed by atoms with van der Waals surface area (Å²) >= 11 is 3.48. The number of benzene rings is 1. The molecule has 2 rings (SSSR count). The Balaban J connectivity index is 2.13. The molecule has 0 aliphatic heterocycles. The SMILES string of the molecule is CNCC(O)c1cccc(Br)c1OCC1CC1. The Hall–Kier alpha value is -0.580. The highest BCUT2D eigenvalue weighted by atomic mass is 79.9. The van der Waals surface area contributed by atoms with Crippen molar-refractivity contribution in [3.05, 3.63) is 28.2 Å². The van der Waals surface area contributed by atoms with Crippen LogP contribution in [0.3, 0.4) is 0 Å². The lowest BCUT2D eigenvalue weighted by atomic mass is 10.1. The van der Waals surface area contributed by atoms with Gasteiger partial charge in [0.15, 0.2) is 0 Å². The largest absolute Gasteiger partial charge is 0.492 e. The molecule has 0 aromatic heterocycles. The van der Waals surface area contributed by atoms with Crippen molar-refractivity contribution in [1.29, 1.82) is 0 Å². The van der Waals surface area contributed by atoms with E-state index in [0.717, 1.165) is 22.4 Å². The fourth-order valence-corrected chi connectivity index (χ4v) is 2.23. The van der Waals surface area contributed by atoms with Gasteiger partial charge in [-0.25, -0.2) is 0 Å². The van der Waals surface area contributed by atoms with E-state index >= 15 is 0 Å². The number of hydrogen-bond acceptors (Lipinski definition) is 3. The van der Waals surface area contributed by atoms with E-state index in [1.54, 1.807) is 0 Å². The van der Waals surface area contributed by atoms with Gasteiger partial charge >= 0.3 is 0 Å². The summed E-state index contributed by atoms with van der Waals surface area (Å²) in [6, 6.07) is 5.77.